The molecular weight excluding hydrogens is 168 g/mol. The molecule has 5 N–H and O–H groups in total. The van der Waals surface area contributed by atoms with E-state index >= 15 is 0 Å². The number of aliphatic hydroxyl groups is 5. The topological polar surface area (TPSA) is 110 Å². The summed E-state index contributed by atoms with van der Waals surface area (Å²) >= 11 is 0. The van der Waals surface area contributed by atoms with Crippen LogP contribution < -0.4 is 0 Å². The van der Waals surface area contributed by atoms with E-state index in [2.05, 4.69) is 4.74 Å². The van der Waals surface area contributed by atoms with Crippen molar-refractivity contribution in [3.05, 3.63) is 0 Å². The number of aliphatic hydroxyl groups excluding tert-OH is 4. The Morgan fingerprint density at radius 2 is 1.92 bits per heavy atom. The fraction of sp³-hybridized carbons (Fsp3) is 1.00. The molecule has 1 rings (SSSR count). The summed E-state index contributed by atoms with van der Waals surface area (Å²) in [5.41, 5.74) is 0. The molecule has 0 aromatic carbocycles. The van der Waals surface area contributed by atoms with E-state index in [0.717, 1.165) is 0 Å². The van der Waals surface area contributed by atoms with Gasteiger partial charge in [-0.2, -0.15) is 0 Å². The van der Waals surface area contributed by atoms with E-state index in [4.69, 9.17) is 20.4 Å². The van der Waals surface area contributed by atoms with E-state index in [1.807, 2.05) is 0 Å². The van der Waals surface area contributed by atoms with Crippen molar-refractivity contribution in [3.8, 4) is 0 Å². The molecule has 0 aromatic rings. The lowest BCUT2D eigenvalue weighted by Gasteiger charge is -2.40. The molecule has 0 spiro atoms. The summed E-state index contributed by atoms with van der Waals surface area (Å²) < 4.78 is 4.56. The van der Waals surface area contributed by atoms with Gasteiger partial charge in [-0.15, -0.1) is 0 Å². The lowest BCUT2D eigenvalue weighted by Crippen LogP contribution is -2.62. The fourth-order valence-corrected chi connectivity index (χ4v) is 1.03. The Morgan fingerprint density at radius 3 is 2.42 bits per heavy atom. The van der Waals surface area contributed by atoms with Crippen molar-refractivity contribution in [2.75, 3.05) is 13.2 Å². The van der Waals surface area contributed by atoms with Crippen LogP contribution in [0.4, 0.5) is 0 Å². The molecule has 1 fully saturated rings. The van der Waals surface area contributed by atoms with Gasteiger partial charge in [0.15, 0.2) is 0 Å². The molecule has 1 heterocycles. The summed E-state index contributed by atoms with van der Waals surface area (Å²) in [7, 11) is 0. The first-order chi connectivity index (χ1) is 5.51. The van der Waals surface area contributed by atoms with Crippen LogP contribution in [0.25, 0.3) is 0 Å². The lowest BCUT2D eigenvalue weighted by atomic mass is 9.98. The summed E-state index contributed by atoms with van der Waals surface area (Å²) in [6, 6.07) is 0. The van der Waals surface area contributed by atoms with E-state index in [-0.39, 0.29) is 6.61 Å². The summed E-state index contributed by atoms with van der Waals surface area (Å²) in [6.45, 7) is -1.16. The minimum absolute atomic E-state index is 0.324. The van der Waals surface area contributed by atoms with Gasteiger partial charge >= 0.3 is 0 Å². The average Bonchev–Trinajstić information content (AvgIpc) is 2.09. The Labute approximate surface area is 68.6 Å². The Balaban J connectivity index is 2.71. The highest BCUT2D eigenvalue weighted by molar-refractivity contribution is 4.90. The molecular formula is C6H12O6. The van der Waals surface area contributed by atoms with Crippen molar-refractivity contribution in [1.82, 2.24) is 0 Å². The maximum Gasteiger partial charge on any atom is 0.218 e. The summed E-state index contributed by atoms with van der Waals surface area (Å²) in [4.78, 5) is 0. The molecule has 0 amide bonds. The van der Waals surface area contributed by atoms with Crippen LogP contribution in [0.2, 0.25) is 0 Å². The van der Waals surface area contributed by atoms with Gasteiger partial charge in [0.25, 0.3) is 0 Å². The Bertz CT molecular complexity index is 162. The van der Waals surface area contributed by atoms with Gasteiger partial charge in [0.2, 0.25) is 5.79 Å². The SMILES string of the molecule is OCC1(O)OCC(O)[C@@H](O)[C@@H]1O. The lowest BCUT2D eigenvalue weighted by molar-refractivity contribution is -0.331. The maximum absolute atomic E-state index is 9.24. The van der Waals surface area contributed by atoms with Crippen LogP contribution in [0, 0.1) is 0 Å². The summed E-state index contributed by atoms with van der Waals surface area (Å²) in [6.07, 6.45) is -4.45. The second-order valence-electron chi connectivity index (χ2n) is 2.82. The van der Waals surface area contributed by atoms with Crippen molar-refractivity contribution >= 4 is 0 Å². The Morgan fingerprint density at radius 1 is 1.33 bits per heavy atom. The van der Waals surface area contributed by atoms with Crippen LogP contribution >= 0.6 is 0 Å². The number of rotatable bonds is 1. The quantitative estimate of drug-likeness (QED) is 0.290. The number of hydrogen-bond acceptors (Lipinski definition) is 6. The zero-order valence-electron chi connectivity index (χ0n) is 6.29. The highest BCUT2D eigenvalue weighted by Gasteiger charge is 2.47. The Hall–Kier alpha value is -0.240. The van der Waals surface area contributed by atoms with Gasteiger partial charge in [-0.1, -0.05) is 0 Å². The van der Waals surface area contributed by atoms with Crippen molar-refractivity contribution < 1.29 is 30.3 Å². The third kappa shape index (κ3) is 1.45. The smallest absolute Gasteiger partial charge is 0.218 e. The monoisotopic (exact) mass is 180 g/mol. The zero-order valence-corrected chi connectivity index (χ0v) is 6.29. The largest absolute Gasteiger partial charge is 0.391 e. The van der Waals surface area contributed by atoms with E-state index in [9.17, 15) is 5.11 Å². The molecule has 6 nitrogen and oxygen atoms in total. The molecule has 0 aliphatic carbocycles. The molecule has 12 heavy (non-hydrogen) atoms. The highest BCUT2D eigenvalue weighted by atomic mass is 16.7. The van der Waals surface area contributed by atoms with Gasteiger partial charge in [0.1, 0.15) is 18.3 Å². The second-order valence-corrected chi connectivity index (χ2v) is 2.82. The van der Waals surface area contributed by atoms with Crippen LogP contribution in [0.1, 0.15) is 0 Å². The van der Waals surface area contributed by atoms with E-state index in [0.29, 0.717) is 0 Å². The fourth-order valence-electron chi connectivity index (χ4n) is 1.03. The predicted molar refractivity (Wildman–Crippen MR) is 36.0 cm³/mol. The molecule has 4 atom stereocenters. The minimum atomic E-state index is -2.17. The van der Waals surface area contributed by atoms with Crippen molar-refractivity contribution in [1.29, 1.82) is 0 Å². The molecule has 1 aliphatic heterocycles. The van der Waals surface area contributed by atoms with Crippen LogP contribution in [0.5, 0.6) is 0 Å². The molecule has 0 saturated carbocycles. The van der Waals surface area contributed by atoms with Gasteiger partial charge < -0.3 is 30.3 Å². The number of hydrogen-bond donors (Lipinski definition) is 5. The first kappa shape index (κ1) is 9.85. The van der Waals surface area contributed by atoms with Gasteiger partial charge in [-0.3, -0.25) is 0 Å². The minimum Gasteiger partial charge on any atom is -0.391 e. The Kier molecular flexibility index (Phi) is 2.67. The summed E-state index contributed by atoms with van der Waals surface area (Å²) in [5.74, 6) is -2.17. The standard InChI is InChI=1S/C6H12O6/c7-2-6(11)5(10)4(9)3(8)1-12-6/h3-5,7-11H,1-2H2/t3?,4-,5+,6?/m1/s1. The molecule has 1 aliphatic rings. The molecule has 0 aromatic heterocycles. The van der Waals surface area contributed by atoms with Gasteiger partial charge in [-0.05, 0) is 0 Å². The van der Waals surface area contributed by atoms with Crippen LogP contribution in [-0.4, -0.2) is 62.8 Å². The van der Waals surface area contributed by atoms with Crippen LogP contribution in [0.3, 0.4) is 0 Å². The zero-order chi connectivity index (χ0) is 9.35. The molecule has 0 radical (unpaired) electrons. The van der Waals surface area contributed by atoms with Crippen molar-refractivity contribution in [2.24, 2.45) is 0 Å². The molecule has 2 unspecified atom stereocenters. The third-order valence-corrected chi connectivity index (χ3v) is 1.91. The van der Waals surface area contributed by atoms with Gasteiger partial charge in [-0.25, -0.2) is 0 Å². The van der Waals surface area contributed by atoms with E-state index < -0.39 is 30.7 Å². The highest BCUT2D eigenvalue weighted by Crippen LogP contribution is 2.22. The first-order valence-corrected chi connectivity index (χ1v) is 3.52. The third-order valence-electron chi connectivity index (χ3n) is 1.91. The first-order valence-electron chi connectivity index (χ1n) is 3.52. The van der Waals surface area contributed by atoms with Crippen molar-refractivity contribution in [3.63, 3.8) is 0 Å². The van der Waals surface area contributed by atoms with Crippen molar-refractivity contribution in [2.45, 2.75) is 24.1 Å². The number of ether oxygens (including phenoxy) is 1. The van der Waals surface area contributed by atoms with E-state index in [1.54, 1.807) is 0 Å². The predicted octanol–water partition coefficient (Wildman–Crippen LogP) is -3.22. The van der Waals surface area contributed by atoms with E-state index in [1.165, 1.54) is 0 Å². The molecule has 6 heteroatoms. The maximum atomic E-state index is 9.24. The molecule has 0 bridgehead atoms. The average molecular weight is 180 g/mol. The second kappa shape index (κ2) is 3.25. The molecule has 72 valence electrons. The normalized spacial score (nSPS) is 49.2. The molecule has 1 saturated heterocycles. The summed E-state index contributed by atoms with van der Waals surface area (Å²) in [5, 5.41) is 45.0. The van der Waals surface area contributed by atoms with Crippen LogP contribution in [0.15, 0.2) is 0 Å². The van der Waals surface area contributed by atoms with Crippen LogP contribution in [-0.2, 0) is 4.74 Å². The van der Waals surface area contributed by atoms with Gasteiger partial charge in [0, 0.05) is 0 Å². The van der Waals surface area contributed by atoms with Gasteiger partial charge in [0.05, 0.1) is 13.2 Å².